The van der Waals surface area contributed by atoms with Crippen LogP contribution in [-0.2, 0) is 6.54 Å². The molecule has 2 heteroatoms. The van der Waals surface area contributed by atoms with Gasteiger partial charge in [-0.3, -0.25) is 0 Å². The second-order valence-corrected chi connectivity index (χ2v) is 6.49. The van der Waals surface area contributed by atoms with Crippen LogP contribution in [0.3, 0.4) is 0 Å². The summed E-state index contributed by atoms with van der Waals surface area (Å²) in [5, 5.41) is 8.16. The highest BCUT2D eigenvalue weighted by Crippen LogP contribution is 2.29. The topological polar surface area (TPSA) is 12.0 Å². The van der Waals surface area contributed by atoms with Gasteiger partial charge in [-0.25, -0.2) is 0 Å². The van der Waals surface area contributed by atoms with E-state index in [1.807, 2.05) is 0 Å². The molecular weight excluding hydrogens is 250 g/mol. The van der Waals surface area contributed by atoms with Gasteiger partial charge in [-0.1, -0.05) is 38.1 Å². The molecular formula is C17H21NS. The van der Waals surface area contributed by atoms with Crippen molar-refractivity contribution in [2.75, 3.05) is 0 Å². The Morgan fingerprint density at radius 1 is 1.16 bits per heavy atom. The predicted molar refractivity (Wildman–Crippen MR) is 83.7 cm³/mol. The molecule has 1 aliphatic carbocycles. The van der Waals surface area contributed by atoms with Crippen molar-refractivity contribution in [3.05, 3.63) is 46.2 Å². The van der Waals surface area contributed by atoms with Gasteiger partial charge < -0.3 is 5.32 Å². The summed E-state index contributed by atoms with van der Waals surface area (Å²) in [7, 11) is 0. The van der Waals surface area contributed by atoms with Crippen LogP contribution in [0.1, 0.15) is 43.7 Å². The molecule has 0 unspecified atom stereocenters. The standard InChI is InChI=1S/C17H21NS/c1-12(2)13-3-5-14(6-4-13)17-11-19-10-15(17)9-18-16-7-8-16/h3-6,10-12,16,18H,7-9H2,1-2H3. The van der Waals surface area contributed by atoms with Gasteiger partial charge in [0.1, 0.15) is 0 Å². The lowest BCUT2D eigenvalue weighted by molar-refractivity contribution is 0.690. The zero-order chi connectivity index (χ0) is 13.2. The summed E-state index contributed by atoms with van der Waals surface area (Å²) in [5.41, 5.74) is 5.59. The molecule has 100 valence electrons. The lowest BCUT2D eigenvalue weighted by atomic mass is 9.98. The van der Waals surface area contributed by atoms with Gasteiger partial charge in [0.25, 0.3) is 0 Å². The van der Waals surface area contributed by atoms with E-state index in [1.54, 1.807) is 11.3 Å². The Balaban J connectivity index is 1.78. The molecule has 0 spiro atoms. The first-order valence-corrected chi connectivity index (χ1v) is 8.07. The fourth-order valence-electron chi connectivity index (χ4n) is 2.30. The fraction of sp³-hybridized carbons (Fsp3) is 0.412. The SMILES string of the molecule is CC(C)c1ccc(-c2cscc2CNC2CC2)cc1. The molecule has 0 radical (unpaired) electrons. The predicted octanol–water partition coefficient (Wildman–Crippen LogP) is 4.79. The number of rotatable bonds is 5. The maximum absolute atomic E-state index is 3.61. The Morgan fingerprint density at radius 3 is 2.53 bits per heavy atom. The normalized spacial score (nSPS) is 15.1. The average molecular weight is 271 g/mol. The van der Waals surface area contributed by atoms with Crippen LogP contribution in [0.2, 0.25) is 0 Å². The van der Waals surface area contributed by atoms with Gasteiger partial charge in [-0.15, -0.1) is 0 Å². The third kappa shape index (κ3) is 3.07. The van der Waals surface area contributed by atoms with E-state index in [0.29, 0.717) is 5.92 Å². The zero-order valence-electron chi connectivity index (χ0n) is 11.6. The Kier molecular flexibility index (Phi) is 3.72. The van der Waals surface area contributed by atoms with E-state index in [0.717, 1.165) is 12.6 Å². The van der Waals surface area contributed by atoms with Gasteiger partial charge in [0.05, 0.1) is 0 Å². The maximum Gasteiger partial charge on any atom is 0.0222 e. The summed E-state index contributed by atoms with van der Waals surface area (Å²) in [6.07, 6.45) is 2.70. The Bertz CT molecular complexity index is 535. The van der Waals surface area contributed by atoms with Crippen molar-refractivity contribution in [3.63, 3.8) is 0 Å². The highest BCUT2D eigenvalue weighted by molar-refractivity contribution is 7.08. The van der Waals surface area contributed by atoms with Crippen molar-refractivity contribution < 1.29 is 0 Å². The second-order valence-electron chi connectivity index (χ2n) is 5.74. The second kappa shape index (κ2) is 5.48. The molecule has 1 aromatic heterocycles. The monoisotopic (exact) mass is 271 g/mol. The van der Waals surface area contributed by atoms with Crippen LogP contribution in [0, 0.1) is 0 Å². The molecule has 0 amide bonds. The number of benzene rings is 1. The summed E-state index contributed by atoms with van der Waals surface area (Å²) in [5.74, 6) is 0.604. The lowest BCUT2D eigenvalue weighted by Gasteiger charge is -2.08. The number of hydrogen-bond acceptors (Lipinski definition) is 2. The van der Waals surface area contributed by atoms with Crippen molar-refractivity contribution in [2.24, 2.45) is 0 Å². The first-order chi connectivity index (χ1) is 9.24. The molecule has 1 saturated carbocycles. The molecule has 0 aliphatic heterocycles. The average Bonchev–Trinajstić information content (AvgIpc) is 3.13. The Morgan fingerprint density at radius 2 is 1.89 bits per heavy atom. The molecule has 1 aromatic carbocycles. The number of nitrogens with one attached hydrogen (secondary N) is 1. The van der Waals surface area contributed by atoms with E-state index in [2.05, 4.69) is 54.2 Å². The number of hydrogen-bond donors (Lipinski definition) is 1. The van der Waals surface area contributed by atoms with Gasteiger partial charge in [0.2, 0.25) is 0 Å². The molecule has 1 aliphatic rings. The van der Waals surface area contributed by atoms with Crippen molar-refractivity contribution >= 4 is 11.3 Å². The fourth-order valence-corrected chi connectivity index (χ4v) is 3.17. The highest BCUT2D eigenvalue weighted by Gasteiger charge is 2.20. The highest BCUT2D eigenvalue weighted by atomic mass is 32.1. The molecule has 1 fully saturated rings. The van der Waals surface area contributed by atoms with E-state index < -0.39 is 0 Å². The molecule has 0 atom stereocenters. The minimum absolute atomic E-state index is 0.604. The van der Waals surface area contributed by atoms with E-state index in [-0.39, 0.29) is 0 Å². The lowest BCUT2D eigenvalue weighted by Crippen LogP contribution is -2.15. The third-order valence-corrected chi connectivity index (χ3v) is 4.58. The molecule has 1 heterocycles. The molecule has 2 aromatic rings. The smallest absolute Gasteiger partial charge is 0.0222 e. The summed E-state index contributed by atoms with van der Waals surface area (Å²) >= 11 is 1.80. The largest absolute Gasteiger partial charge is 0.310 e. The van der Waals surface area contributed by atoms with Crippen LogP contribution >= 0.6 is 11.3 Å². The zero-order valence-corrected chi connectivity index (χ0v) is 12.5. The Hall–Kier alpha value is -1.12. The van der Waals surface area contributed by atoms with E-state index in [4.69, 9.17) is 0 Å². The van der Waals surface area contributed by atoms with Crippen molar-refractivity contribution in [1.29, 1.82) is 0 Å². The van der Waals surface area contributed by atoms with E-state index >= 15 is 0 Å². The molecule has 19 heavy (non-hydrogen) atoms. The molecule has 0 bridgehead atoms. The Labute approximate surface area is 119 Å². The van der Waals surface area contributed by atoms with Crippen molar-refractivity contribution in [3.8, 4) is 11.1 Å². The van der Waals surface area contributed by atoms with E-state index in [9.17, 15) is 0 Å². The van der Waals surface area contributed by atoms with Crippen LogP contribution in [-0.4, -0.2) is 6.04 Å². The van der Waals surface area contributed by atoms with Gasteiger partial charge in [0.15, 0.2) is 0 Å². The minimum Gasteiger partial charge on any atom is -0.310 e. The molecule has 0 saturated heterocycles. The van der Waals surface area contributed by atoms with Gasteiger partial charge in [0, 0.05) is 12.6 Å². The van der Waals surface area contributed by atoms with Crippen molar-refractivity contribution in [1.82, 2.24) is 5.32 Å². The minimum atomic E-state index is 0.604. The summed E-state index contributed by atoms with van der Waals surface area (Å²) in [4.78, 5) is 0. The van der Waals surface area contributed by atoms with Gasteiger partial charge in [-0.05, 0) is 51.8 Å². The molecule has 1 N–H and O–H groups in total. The number of thiophene rings is 1. The van der Waals surface area contributed by atoms with Crippen LogP contribution in [0.5, 0.6) is 0 Å². The summed E-state index contributed by atoms with van der Waals surface area (Å²) in [6, 6.07) is 9.82. The quantitative estimate of drug-likeness (QED) is 0.824. The molecule has 3 rings (SSSR count). The maximum atomic E-state index is 3.61. The van der Waals surface area contributed by atoms with E-state index in [1.165, 1.54) is 35.1 Å². The summed E-state index contributed by atoms with van der Waals surface area (Å²) < 4.78 is 0. The van der Waals surface area contributed by atoms with Crippen LogP contribution < -0.4 is 5.32 Å². The van der Waals surface area contributed by atoms with Crippen molar-refractivity contribution in [2.45, 2.75) is 45.2 Å². The van der Waals surface area contributed by atoms with Crippen LogP contribution in [0.25, 0.3) is 11.1 Å². The molecule has 1 nitrogen and oxygen atoms in total. The third-order valence-electron chi connectivity index (χ3n) is 3.79. The van der Waals surface area contributed by atoms with Gasteiger partial charge in [-0.2, -0.15) is 11.3 Å². The summed E-state index contributed by atoms with van der Waals surface area (Å²) in [6.45, 7) is 5.49. The van der Waals surface area contributed by atoms with Crippen LogP contribution in [0.4, 0.5) is 0 Å². The van der Waals surface area contributed by atoms with Gasteiger partial charge >= 0.3 is 0 Å². The van der Waals surface area contributed by atoms with Crippen LogP contribution in [0.15, 0.2) is 35.0 Å². The first-order valence-electron chi connectivity index (χ1n) is 7.13. The first kappa shape index (κ1) is 12.9.